The second-order valence-electron chi connectivity index (χ2n) is 4.92. The number of benzene rings is 1. The minimum absolute atomic E-state index is 0.153. The third-order valence-electron chi connectivity index (χ3n) is 2.95. The van der Waals surface area contributed by atoms with Crippen LogP contribution in [0.15, 0.2) is 30.3 Å². The molecule has 1 aromatic carbocycles. The molecule has 130 valence electrons. The summed E-state index contributed by atoms with van der Waals surface area (Å²) in [6.07, 6.45) is -10.1. The van der Waals surface area contributed by atoms with E-state index in [2.05, 4.69) is 9.97 Å². The summed E-state index contributed by atoms with van der Waals surface area (Å²) in [6, 6.07) is 4.95. The van der Waals surface area contributed by atoms with E-state index in [1.165, 1.54) is 19.2 Å². The Hall–Kier alpha value is -2.39. The molecule has 0 saturated carbocycles. The average molecular weight is 353 g/mol. The molecule has 0 saturated heterocycles. The Kier molecular flexibility index (Phi) is 4.68. The zero-order chi connectivity index (χ0) is 18.1. The molecule has 0 amide bonds. The summed E-state index contributed by atoms with van der Waals surface area (Å²) in [4.78, 5) is 7.24. The van der Waals surface area contributed by atoms with Crippen molar-refractivity contribution < 1.29 is 30.7 Å². The van der Waals surface area contributed by atoms with Gasteiger partial charge in [0.2, 0.25) is 5.95 Å². The zero-order valence-electron chi connectivity index (χ0n) is 12.1. The normalized spacial score (nSPS) is 12.3. The molecule has 0 aliphatic heterocycles. The molecule has 0 fully saturated rings. The van der Waals surface area contributed by atoms with Gasteiger partial charge in [-0.25, -0.2) is 14.4 Å². The van der Waals surface area contributed by atoms with Crippen LogP contribution < -0.4 is 4.90 Å². The van der Waals surface area contributed by atoms with Gasteiger partial charge >= 0.3 is 12.4 Å². The van der Waals surface area contributed by atoms with Crippen LogP contribution in [0.1, 0.15) is 17.0 Å². The van der Waals surface area contributed by atoms with E-state index >= 15 is 0 Å². The van der Waals surface area contributed by atoms with Crippen molar-refractivity contribution in [1.29, 1.82) is 0 Å². The molecular weight excluding hydrogens is 343 g/mol. The minimum atomic E-state index is -5.06. The largest absolute Gasteiger partial charge is 0.433 e. The van der Waals surface area contributed by atoms with E-state index in [-0.39, 0.29) is 12.6 Å². The summed E-state index contributed by atoms with van der Waals surface area (Å²) in [7, 11) is 1.21. The number of rotatable bonds is 3. The predicted octanol–water partition coefficient (Wildman–Crippen LogP) is 4.29. The van der Waals surface area contributed by atoms with Crippen molar-refractivity contribution in [2.45, 2.75) is 18.9 Å². The molecule has 3 nitrogen and oxygen atoms in total. The van der Waals surface area contributed by atoms with Crippen LogP contribution in [0.25, 0.3) is 0 Å². The van der Waals surface area contributed by atoms with Crippen LogP contribution in [0.3, 0.4) is 0 Å². The van der Waals surface area contributed by atoms with E-state index in [0.29, 0.717) is 5.56 Å². The highest BCUT2D eigenvalue weighted by molar-refractivity contribution is 5.35. The molecule has 2 aromatic rings. The molecule has 0 spiro atoms. The number of alkyl halides is 6. The van der Waals surface area contributed by atoms with Crippen molar-refractivity contribution in [3.8, 4) is 0 Å². The molecule has 0 bridgehead atoms. The van der Waals surface area contributed by atoms with Crippen LogP contribution in [-0.4, -0.2) is 17.0 Å². The highest BCUT2D eigenvalue weighted by Gasteiger charge is 2.39. The molecule has 1 heterocycles. The SMILES string of the molecule is CN(Cc1cccc(F)c1)c1nc(C(F)(F)F)cc(C(F)(F)F)n1. The first-order valence-corrected chi connectivity index (χ1v) is 6.46. The summed E-state index contributed by atoms with van der Waals surface area (Å²) in [5.41, 5.74) is -3.07. The van der Waals surface area contributed by atoms with Crippen molar-refractivity contribution in [1.82, 2.24) is 9.97 Å². The van der Waals surface area contributed by atoms with Gasteiger partial charge < -0.3 is 4.90 Å². The van der Waals surface area contributed by atoms with Gasteiger partial charge in [-0.2, -0.15) is 26.3 Å². The summed E-state index contributed by atoms with van der Waals surface area (Å²) >= 11 is 0. The maximum atomic E-state index is 13.1. The van der Waals surface area contributed by atoms with E-state index in [1.807, 2.05) is 0 Å². The van der Waals surface area contributed by atoms with Crippen molar-refractivity contribution in [3.63, 3.8) is 0 Å². The number of hydrogen-bond donors (Lipinski definition) is 0. The van der Waals surface area contributed by atoms with Crippen molar-refractivity contribution in [3.05, 3.63) is 53.1 Å². The van der Waals surface area contributed by atoms with Crippen LogP contribution >= 0.6 is 0 Å². The Labute approximate surface area is 131 Å². The highest BCUT2D eigenvalue weighted by atomic mass is 19.4. The van der Waals surface area contributed by atoms with Gasteiger partial charge in [0.25, 0.3) is 0 Å². The second-order valence-corrected chi connectivity index (χ2v) is 4.92. The van der Waals surface area contributed by atoms with Gasteiger partial charge in [0.15, 0.2) is 11.4 Å². The molecule has 1 aromatic heterocycles. The van der Waals surface area contributed by atoms with Gasteiger partial charge in [-0.15, -0.1) is 0 Å². The number of aromatic nitrogens is 2. The Bertz CT molecular complexity index is 693. The fourth-order valence-corrected chi connectivity index (χ4v) is 1.88. The highest BCUT2D eigenvalue weighted by Crippen LogP contribution is 2.34. The lowest BCUT2D eigenvalue weighted by Gasteiger charge is -2.20. The Balaban J connectivity index is 2.41. The molecule has 0 aliphatic carbocycles. The first kappa shape index (κ1) is 18.0. The Morgan fingerprint density at radius 2 is 1.46 bits per heavy atom. The van der Waals surface area contributed by atoms with E-state index in [4.69, 9.17) is 0 Å². The van der Waals surface area contributed by atoms with E-state index in [1.54, 1.807) is 0 Å². The lowest BCUT2D eigenvalue weighted by molar-refractivity contribution is -0.147. The van der Waals surface area contributed by atoms with Crippen LogP contribution in [0.5, 0.6) is 0 Å². The summed E-state index contributed by atoms with van der Waals surface area (Å²) in [5.74, 6) is -1.34. The fraction of sp³-hybridized carbons (Fsp3) is 0.286. The topological polar surface area (TPSA) is 29.0 Å². The second kappa shape index (κ2) is 6.25. The van der Waals surface area contributed by atoms with Crippen LogP contribution in [0, 0.1) is 5.82 Å². The molecule has 0 N–H and O–H groups in total. The summed E-state index contributed by atoms with van der Waals surface area (Å²) < 4.78 is 89.6. The fourth-order valence-electron chi connectivity index (χ4n) is 1.88. The first-order valence-electron chi connectivity index (χ1n) is 6.46. The van der Waals surface area contributed by atoms with Crippen molar-refractivity contribution in [2.24, 2.45) is 0 Å². The molecule has 24 heavy (non-hydrogen) atoms. The number of halogens is 7. The third kappa shape index (κ3) is 4.33. The maximum absolute atomic E-state index is 13.1. The summed E-state index contributed by atoms with van der Waals surface area (Å²) in [6.45, 7) is -0.170. The van der Waals surface area contributed by atoms with Crippen molar-refractivity contribution >= 4 is 5.95 Å². The number of anilines is 1. The molecule has 0 atom stereocenters. The maximum Gasteiger partial charge on any atom is 0.433 e. The molecule has 2 rings (SSSR count). The van der Waals surface area contributed by atoms with Crippen LogP contribution in [-0.2, 0) is 18.9 Å². The van der Waals surface area contributed by atoms with Gasteiger partial charge in [0, 0.05) is 13.6 Å². The molecular formula is C14H10F7N3. The Morgan fingerprint density at radius 3 is 1.92 bits per heavy atom. The number of hydrogen-bond acceptors (Lipinski definition) is 3. The van der Waals surface area contributed by atoms with Crippen LogP contribution in [0.4, 0.5) is 36.7 Å². The lowest BCUT2D eigenvalue weighted by Crippen LogP contribution is -2.23. The van der Waals surface area contributed by atoms with Gasteiger partial charge in [-0.05, 0) is 23.8 Å². The van der Waals surface area contributed by atoms with E-state index < -0.39 is 35.5 Å². The van der Waals surface area contributed by atoms with E-state index in [0.717, 1.165) is 17.0 Å². The predicted molar refractivity (Wildman–Crippen MR) is 70.5 cm³/mol. The average Bonchev–Trinajstić information content (AvgIpc) is 2.45. The quantitative estimate of drug-likeness (QED) is 0.771. The molecule has 10 heteroatoms. The molecule has 0 radical (unpaired) electrons. The minimum Gasteiger partial charge on any atom is -0.340 e. The lowest BCUT2D eigenvalue weighted by atomic mass is 10.2. The summed E-state index contributed by atoms with van der Waals surface area (Å²) in [5, 5.41) is 0. The van der Waals surface area contributed by atoms with Gasteiger partial charge in [-0.1, -0.05) is 12.1 Å². The Morgan fingerprint density at radius 1 is 0.917 bits per heavy atom. The monoisotopic (exact) mass is 353 g/mol. The van der Waals surface area contributed by atoms with Crippen molar-refractivity contribution in [2.75, 3.05) is 11.9 Å². The standard InChI is InChI=1S/C14H10F7N3/c1-24(7-8-3-2-4-9(15)5-8)12-22-10(13(16,17)18)6-11(23-12)14(19,20)21/h2-6H,7H2,1H3. The first-order chi connectivity index (χ1) is 11.0. The van der Waals surface area contributed by atoms with E-state index in [9.17, 15) is 30.7 Å². The molecule has 0 unspecified atom stereocenters. The van der Waals surface area contributed by atoms with Gasteiger partial charge in [0.1, 0.15) is 5.82 Å². The molecule has 0 aliphatic rings. The zero-order valence-corrected chi connectivity index (χ0v) is 12.1. The van der Waals surface area contributed by atoms with Gasteiger partial charge in [-0.3, -0.25) is 0 Å². The third-order valence-corrected chi connectivity index (χ3v) is 2.95. The smallest absolute Gasteiger partial charge is 0.340 e. The number of nitrogens with zero attached hydrogens (tertiary/aromatic N) is 3. The van der Waals surface area contributed by atoms with Gasteiger partial charge in [0.05, 0.1) is 0 Å². The van der Waals surface area contributed by atoms with Crippen LogP contribution in [0.2, 0.25) is 0 Å².